The Morgan fingerprint density at radius 3 is 2.36 bits per heavy atom. The fourth-order valence-electron chi connectivity index (χ4n) is 2.52. The first-order valence-corrected chi connectivity index (χ1v) is 9.16. The molecular weight excluding hydrogens is 418 g/mol. The summed E-state index contributed by atoms with van der Waals surface area (Å²) in [6.07, 6.45) is 1.48. The van der Waals surface area contributed by atoms with Gasteiger partial charge in [0.15, 0.2) is 0 Å². The molecule has 136 valence electrons. The first kappa shape index (κ1) is 19.3. The molecule has 0 bridgehead atoms. The standard InChI is InChI=1S/C23H14BrNO3/c24-21-12-5-4-11-20(21)23(27)28-19-10-6-7-16(14-19)13-18(15-25)22(26)17-8-2-1-3-9-17/h1-14H/b18-13+. The van der Waals surface area contributed by atoms with Crippen molar-refractivity contribution in [3.63, 3.8) is 0 Å². The molecule has 0 aromatic heterocycles. The Kier molecular flexibility index (Phi) is 6.15. The Bertz CT molecular complexity index is 1100. The molecule has 3 aromatic carbocycles. The first-order chi connectivity index (χ1) is 13.6. The van der Waals surface area contributed by atoms with Gasteiger partial charge in [-0.25, -0.2) is 4.79 Å². The van der Waals surface area contributed by atoms with Crippen LogP contribution in [0.2, 0.25) is 0 Å². The predicted octanol–water partition coefficient (Wildman–Crippen LogP) is 5.46. The number of carbonyl (C=O) groups excluding carboxylic acids is 2. The molecule has 0 heterocycles. The van der Waals surface area contributed by atoms with E-state index >= 15 is 0 Å². The average molecular weight is 432 g/mol. The van der Waals surface area contributed by atoms with Crippen LogP contribution >= 0.6 is 15.9 Å². The average Bonchev–Trinajstić information content (AvgIpc) is 2.72. The Morgan fingerprint density at radius 2 is 1.64 bits per heavy atom. The van der Waals surface area contributed by atoms with Crippen molar-refractivity contribution in [3.05, 3.63) is 106 Å². The van der Waals surface area contributed by atoms with E-state index in [0.29, 0.717) is 26.9 Å². The summed E-state index contributed by atoms with van der Waals surface area (Å²) in [6.45, 7) is 0. The molecule has 0 atom stereocenters. The number of ketones is 1. The maximum absolute atomic E-state index is 12.5. The summed E-state index contributed by atoms with van der Waals surface area (Å²) in [5.74, 6) is -0.549. The zero-order chi connectivity index (χ0) is 19.9. The van der Waals surface area contributed by atoms with E-state index in [9.17, 15) is 14.9 Å². The quantitative estimate of drug-likeness (QED) is 0.177. The van der Waals surface area contributed by atoms with Crippen LogP contribution in [0.5, 0.6) is 5.75 Å². The minimum Gasteiger partial charge on any atom is -0.423 e. The van der Waals surface area contributed by atoms with Gasteiger partial charge in [0.05, 0.1) is 5.56 Å². The molecule has 0 radical (unpaired) electrons. The molecule has 0 N–H and O–H groups in total. The van der Waals surface area contributed by atoms with E-state index in [1.807, 2.05) is 6.07 Å². The smallest absolute Gasteiger partial charge is 0.344 e. The number of halogens is 1. The molecule has 0 unspecified atom stereocenters. The van der Waals surface area contributed by atoms with Gasteiger partial charge in [0.2, 0.25) is 5.78 Å². The molecule has 0 saturated carbocycles. The summed E-state index contributed by atoms with van der Waals surface area (Å²) in [4.78, 5) is 24.8. The van der Waals surface area contributed by atoms with E-state index < -0.39 is 5.97 Å². The molecule has 0 fully saturated rings. The maximum atomic E-state index is 12.5. The highest BCUT2D eigenvalue weighted by molar-refractivity contribution is 9.10. The highest BCUT2D eigenvalue weighted by Gasteiger charge is 2.14. The molecule has 0 amide bonds. The van der Waals surface area contributed by atoms with Gasteiger partial charge in [-0.15, -0.1) is 0 Å². The zero-order valence-corrected chi connectivity index (χ0v) is 16.2. The fraction of sp³-hybridized carbons (Fsp3) is 0. The summed E-state index contributed by atoms with van der Waals surface area (Å²) in [6, 6.07) is 24.1. The number of ether oxygens (including phenoxy) is 1. The largest absolute Gasteiger partial charge is 0.423 e. The van der Waals surface area contributed by atoms with E-state index in [4.69, 9.17) is 4.74 Å². The third-order valence-corrected chi connectivity index (χ3v) is 4.57. The molecule has 0 spiro atoms. The number of hydrogen-bond donors (Lipinski definition) is 0. The molecule has 3 rings (SSSR count). The fourth-order valence-corrected chi connectivity index (χ4v) is 2.96. The highest BCUT2D eigenvalue weighted by atomic mass is 79.9. The Balaban J connectivity index is 1.83. The Hall–Kier alpha value is -3.49. The minimum atomic E-state index is -0.505. The molecule has 3 aromatic rings. The van der Waals surface area contributed by atoms with Crippen molar-refractivity contribution in [3.8, 4) is 11.8 Å². The lowest BCUT2D eigenvalue weighted by Crippen LogP contribution is -2.09. The minimum absolute atomic E-state index is 0.000445. The SMILES string of the molecule is N#C/C(=C\c1cccc(OC(=O)c2ccccc2Br)c1)C(=O)c1ccccc1. The van der Waals surface area contributed by atoms with E-state index in [1.54, 1.807) is 78.9 Å². The predicted molar refractivity (Wildman–Crippen MR) is 110 cm³/mol. The van der Waals surface area contributed by atoms with Gasteiger partial charge < -0.3 is 4.74 Å². The molecule has 4 nitrogen and oxygen atoms in total. The molecule has 28 heavy (non-hydrogen) atoms. The molecule has 0 saturated heterocycles. The van der Waals surface area contributed by atoms with Crippen molar-refractivity contribution in [2.24, 2.45) is 0 Å². The molecular formula is C23H14BrNO3. The highest BCUT2D eigenvalue weighted by Crippen LogP contribution is 2.21. The Labute approximate surface area is 170 Å². The number of rotatable bonds is 5. The van der Waals surface area contributed by atoms with Crippen molar-refractivity contribution in [2.75, 3.05) is 0 Å². The van der Waals surface area contributed by atoms with Crippen molar-refractivity contribution >= 4 is 33.8 Å². The summed E-state index contributed by atoms with van der Waals surface area (Å²) in [5.41, 5.74) is 1.42. The van der Waals surface area contributed by atoms with Crippen molar-refractivity contribution in [1.82, 2.24) is 0 Å². The van der Waals surface area contributed by atoms with Gasteiger partial charge in [-0.2, -0.15) is 5.26 Å². The first-order valence-electron chi connectivity index (χ1n) is 8.37. The Morgan fingerprint density at radius 1 is 0.929 bits per heavy atom. The van der Waals surface area contributed by atoms with Crippen LogP contribution in [0.4, 0.5) is 0 Å². The second-order valence-electron chi connectivity index (χ2n) is 5.81. The van der Waals surface area contributed by atoms with Crippen LogP contribution in [-0.2, 0) is 0 Å². The normalized spacial score (nSPS) is 10.8. The van der Waals surface area contributed by atoms with Crippen LogP contribution in [0.25, 0.3) is 6.08 Å². The van der Waals surface area contributed by atoms with Gasteiger partial charge in [-0.05, 0) is 51.8 Å². The summed E-state index contributed by atoms with van der Waals surface area (Å²) in [5, 5.41) is 9.38. The van der Waals surface area contributed by atoms with Gasteiger partial charge in [0.25, 0.3) is 0 Å². The van der Waals surface area contributed by atoms with Gasteiger partial charge in [0, 0.05) is 10.0 Å². The number of hydrogen-bond acceptors (Lipinski definition) is 4. The maximum Gasteiger partial charge on any atom is 0.344 e. The molecule has 5 heteroatoms. The number of esters is 1. The third-order valence-electron chi connectivity index (χ3n) is 3.87. The summed E-state index contributed by atoms with van der Waals surface area (Å²) in [7, 11) is 0. The van der Waals surface area contributed by atoms with E-state index in [0.717, 1.165) is 0 Å². The summed E-state index contributed by atoms with van der Waals surface area (Å²) < 4.78 is 6.05. The molecule has 0 aliphatic rings. The lowest BCUT2D eigenvalue weighted by Gasteiger charge is -2.07. The van der Waals surface area contributed by atoms with Crippen LogP contribution < -0.4 is 4.74 Å². The van der Waals surface area contributed by atoms with Crippen LogP contribution in [0.15, 0.2) is 88.9 Å². The lowest BCUT2D eigenvalue weighted by atomic mass is 10.0. The summed E-state index contributed by atoms with van der Waals surface area (Å²) >= 11 is 3.32. The van der Waals surface area contributed by atoms with E-state index in [1.165, 1.54) is 6.08 Å². The van der Waals surface area contributed by atoms with Crippen molar-refractivity contribution in [1.29, 1.82) is 5.26 Å². The van der Waals surface area contributed by atoms with E-state index in [2.05, 4.69) is 15.9 Å². The number of Topliss-reactive ketones (excluding diaryl/α,β-unsaturated/α-hetero) is 1. The van der Waals surface area contributed by atoms with Gasteiger partial charge in [-0.3, -0.25) is 4.79 Å². The number of nitriles is 1. The molecule has 0 aliphatic carbocycles. The zero-order valence-electron chi connectivity index (χ0n) is 14.6. The van der Waals surface area contributed by atoms with Crippen molar-refractivity contribution < 1.29 is 14.3 Å². The van der Waals surface area contributed by atoms with E-state index in [-0.39, 0.29) is 11.4 Å². The third kappa shape index (κ3) is 4.61. The van der Waals surface area contributed by atoms with Crippen LogP contribution in [0.1, 0.15) is 26.3 Å². The number of nitrogens with zero attached hydrogens (tertiary/aromatic N) is 1. The van der Waals surface area contributed by atoms with Gasteiger partial charge >= 0.3 is 5.97 Å². The molecule has 0 aliphatic heterocycles. The van der Waals surface area contributed by atoms with Gasteiger partial charge in [0.1, 0.15) is 17.4 Å². The lowest BCUT2D eigenvalue weighted by molar-refractivity contribution is 0.0733. The topological polar surface area (TPSA) is 67.2 Å². The van der Waals surface area contributed by atoms with Crippen LogP contribution in [0.3, 0.4) is 0 Å². The van der Waals surface area contributed by atoms with Gasteiger partial charge in [-0.1, -0.05) is 54.6 Å². The number of benzene rings is 3. The second-order valence-corrected chi connectivity index (χ2v) is 6.66. The second kappa shape index (κ2) is 8.94. The number of allylic oxidation sites excluding steroid dienone is 1. The van der Waals surface area contributed by atoms with Crippen molar-refractivity contribution in [2.45, 2.75) is 0 Å². The van der Waals surface area contributed by atoms with Crippen LogP contribution in [0, 0.1) is 11.3 Å². The monoisotopic (exact) mass is 431 g/mol. The number of carbonyl (C=O) groups is 2. The van der Waals surface area contributed by atoms with Crippen LogP contribution in [-0.4, -0.2) is 11.8 Å².